The van der Waals surface area contributed by atoms with Crippen molar-refractivity contribution in [3.63, 3.8) is 0 Å². The molecular weight excluding hydrogens is 238 g/mol. The van der Waals surface area contributed by atoms with Crippen LogP contribution in [-0.4, -0.2) is 15.2 Å². The van der Waals surface area contributed by atoms with Crippen LogP contribution in [0.3, 0.4) is 0 Å². The van der Waals surface area contributed by atoms with Crippen LogP contribution >= 0.6 is 0 Å². The SMILES string of the molecule is Cc1ccc(-c2ccccc2-c2n[nH]c(=O)[nH]2)cc1. The minimum Gasteiger partial charge on any atom is -0.289 e. The Morgan fingerprint density at radius 3 is 2.26 bits per heavy atom. The molecule has 4 heteroatoms. The number of hydrogen-bond donors (Lipinski definition) is 2. The third-order valence-corrected chi connectivity index (χ3v) is 3.05. The van der Waals surface area contributed by atoms with Crippen LogP contribution in [0.15, 0.2) is 53.3 Å². The second kappa shape index (κ2) is 4.57. The minimum atomic E-state index is -0.297. The molecule has 0 aliphatic carbocycles. The second-order valence-electron chi connectivity index (χ2n) is 4.44. The van der Waals surface area contributed by atoms with E-state index in [1.807, 2.05) is 24.3 Å². The monoisotopic (exact) mass is 251 g/mol. The summed E-state index contributed by atoms with van der Waals surface area (Å²) in [7, 11) is 0. The van der Waals surface area contributed by atoms with Crippen molar-refractivity contribution in [3.8, 4) is 22.5 Å². The number of nitrogens with one attached hydrogen (secondary N) is 2. The summed E-state index contributed by atoms with van der Waals surface area (Å²) in [6, 6.07) is 16.1. The van der Waals surface area contributed by atoms with Crippen molar-refractivity contribution >= 4 is 0 Å². The summed E-state index contributed by atoms with van der Waals surface area (Å²) in [5.41, 5.74) is 3.98. The van der Waals surface area contributed by atoms with E-state index in [2.05, 4.69) is 46.4 Å². The van der Waals surface area contributed by atoms with Crippen LogP contribution in [0.4, 0.5) is 0 Å². The van der Waals surface area contributed by atoms with Crippen molar-refractivity contribution in [2.45, 2.75) is 6.92 Å². The lowest BCUT2D eigenvalue weighted by Gasteiger charge is -2.07. The van der Waals surface area contributed by atoms with Crippen LogP contribution in [-0.2, 0) is 0 Å². The van der Waals surface area contributed by atoms with Gasteiger partial charge < -0.3 is 0 Å². The van der Waals surface area contributed by atoms with Gasteiger partial charge in [-0.15, -0.1) is 0 Å². The zero-order valence-corrected chi connectivity index (χ0v) is 10.5. The lowest BCUT2D eigenvalue weighted by Crippen LogP contribution is -2.00. The van der Waals surface area contributed by atoms with E-state index in [9.17, 15) is 4.79 Å². The van der Waals surface area contributed by atoms with Gasteiger partial charge in [0.05, 0.1) is 0 Å². The number of nitrogens with zero attached hydrogens (tertiary/aromatic N) is 1. The summed E-state index contributed by atoms with van der Waals surface area (Å²) >= 11 is 0. The highest BCUT2D eigenvalue weighted by atomic mass is 16.1. The van der Waals surface area contributed by atoms with Crippen LogP contribution < -0.4 is 5.69 Å². The molecule has 0 aliphatic heterocycles. The van der Waals surface area contributed by atoms with Gasteiger partial charge in [0.15, 0.2) is 5.82 Å². The van der Waals surface area contributed by atoms with Crippen LogP contribution in [0.5, 0.6) is 0 Å². The molecule has 0 saturated carbocycles. The van der Waals surface area contributed by atoms with Crippen molar-refractivity contribution in [3.05, 3.63) is 64.6 Å². The highest BCUT2D eigenvalue weighted by Gasteiger charge is 2.09. The number of benzene rings is 2. The van der Waals surface area contributed by atoms with Crippen LogP contribution in [0.1, 0.15) is 5.56 Å². The fraction of sp³-hybridized carbons (Fsp3) is 0.0667. The first kappa shape index (κ1) is 11.5. The Labute approximate surface area is 110 Å². The summed E-state index contributed by atoms with van der Waals surface area (Å²) in [4.78, 5) is 13.9. The molecule has 1 heterocycles. The molecule has 3 aromatic rings. The maximum atomic E-state index is 11.2. The third-order valence-electron chi connectivity index (χ3n) is 3.05. The molecule has 2 N–H and O–H groups in total. The number of aromatic amines is 2. The molecule has 1 aromatic heterocycles. The Kier molecular flexibility index (Phi) is 2.76. The van der Waals surface area contributed by atoms with Gasteiger partial charge in [-0.2, -0.15) is 5.10 Å². The fourth-order valence-corrected chi connectivity index (χ4v) is 2.07. The maximum absolute atomic E-state index is 11.2. The Hall–Kier alpha value is -2.62. The first-order valence-electron chi connectivity index (χ1n) is 6.05. The molecule has 0 spiro atoms. The Morgan fingerprint density at radius 2 is 1.63 bits per heavy atom. The zero-order valence-electron chi connectivity index (χ0n) is 10.5. The number of rotatable bonds is 2. The van der Waals surface area contributed by atoms with E-state index in [0.717, 1.165) is 16.7 Å². The molecule has 2 aromatic carbocycles. The lowest BCUT2D eigenvalue weighted by atomic mass is 9.98. The summed E-state index contributed by atoms with van der Waals surface area (Å²) in [6.45, 7) is 2.06. The van der Waals surface area contributed by atoms with Gasteiger partial charge in [-0.1, -0.05) is 54.1 Å². The van der Waals surface area contributed by atoms with Crippen molar-refractivity contribution in [1.82, 2.24) is 15.2 Å². The van der Waals surface area contributed by atoms with Gasteiger partial charge in [-0.25, -0.2) is 9.89 Å². The second-order valence-corrected chi connectivity index (χ2v) is 4.44. The van der Waals surface area contributed by atoms with Crippen molar-refractivity contribution in [2.75, 3.05) is 0 Å². The van der Waals surface area contributed by atoms with E-state index in [1.165, 1.54) is 5.56 Å². The summed E-state index contributed by atoms with van der Waals surface area (Å²) in [5, 5.41) is 6.39. The quantitative estimate of drug-likeness (QED) is 0.735. The van der Waals surface area contributed by atoms with E-state index in [4.69, 9.17) is 0 Å². The predicted octanol–water partition coefficient (Wildman–Crippen LogP) is 2.74. The fourth-order valence-electron chi connectivity index (χ4n) is 2.07. The van der Waals surface area contributed by atoms with E-state index in [-0.39, 0.29) is 5.69 Å². The molecule has 0 saturated heterocycles. The third kappa shape index (κ3) is 2.20. The van der Waals surface area contributed by atoms with Crippen LogP contribution in [0, 0.1) is 6.92 Å². The van der Waals surface area contributed by atoms with E-state index in [1.54, 1.807) is 0 Å². The number of H-pyrrole nitrogens is 2. The first-order valence-corrected chi connectivity index (χ1v) is 6.05. The Balaban J connectivity index is 2.17. The molecule has 0 fully saturated rings. The molecule has 0 bridgehead atoms. The molecule has 0 atom stereocenters. The Morgan fingerprint density at radius 1 is 0.947 bits per heavy atom. The molecule has 0 unspecified atom stereocenters. The molecule has 0 amide bonds. The largest absolute Gasteiger partial charge is 0.340 e. The number of aromatic nitrogens is 3. The van der Waals surface area contributed by atoms with Crippen LogP contribution in [0.25, 0.3) is 22.5 Å². The smallest absolute Gasteiger partial charge is 0.289 e. The van der Waals surface area contributed by atoms with E-state index < -0.39 is 0 Å². The predicted molar refractivity (Wildman–Crippen MR) is 74.8 cm³/mol. The van der Waals surface area contributed by atoms with Gasteiger partial charge in [-0.05, 0) is 18.1 Å². The van der Waals surface area contributed by atoms with Crippen molar-refractivity contribution in [2.24, 2.45) is 0 Å². The topological polar surface area (TPSA) is 61.5 Å². The summed E-state index contributed by atoms with van der Waals surface area (Å²) in [5.74, 6) is 0.557. The number of aryl methyl sites for hydroxylation is 1. The summed E-state index contributed by atoms with van der Waals surface area (Å²) < 4.78 is 0. The molecule has 19 heavy (non-hydrogen) atoms. The maximum Gasteiger partial charge on any atom is 0.340 e. The normalized spacial score (nSPS) is 10.6. The highest BCUT2D eigenvalue weighted by Crippen LogP contribution is 2.29. The van der Waals surface area contributed by atoms with Gasteiger partial charge in [-0.3, -0.25) is 4.98 Å². The molecule has 94 valence electrons. The average Bonchev–Trinajstić information content (AvgIpc) is 2.86. The van der Waals surface area contributed by atoms with Gasteiger partial charge in [0, 0.05) is 5.56 Å². The average molecular weight is 251 g/mol. The molecular formula is C15H13N3O. The first-order chi connectivity index (χ1) is 9.24. The standard InChI is InChI=1S/C15H13N3O/c1-10-6-8-11(9-7-10)12-4-2-3-5-13(12)14-16-15(19)18-17-14/h2-9H,1H3,(H2,16,17,18,19). The Bertz CT molecular complexity index is 753. The van der Waals surface area contributed by atoms with E-state index >= 15 is 0 Å². The molecule has 0 aliphatic rings. The molecule has 0 radical (unpaired) electrons. The van der Waals surface area contributed by atoms with Crippen molar-refractivity contribution in [1.29, 1.82) is 0 Å². The lowest BCUT2D eigenvalue weighted by molar-refractivity contribution is 1.05. The molecule has 3 rings (SSSR count). The van der Waals surface area contributed by atoms with Gasteiger partial charge >= 0.3 is 5.69 Å². The number of hydrogen-bond acceptors (Lipinski definition) is 2. The summed E-state index contributed by atoms with van der Waals surface area (Å²) in [6.07, 6.45) is 0. The zero-order chi connectivity index (χ0) is 13.2. The molecule has 4 nitrogen and oxygen atoms in total. The minimum absolute atomic E-state index is 0.297. The van der Waals surface area contributed by atoms with Crippen LogP contribution in [0.2, 0.25) is 0 Å². The van der Waals surface area contributed by atoms with E-state index in [0.29, 0.717) is 5.82 Å². The van der Waals surface area contributed by atoms with Crippen molar-refractivity contribution < 1.29 is 0 Å². The highest BCUT2D eigenvalue weighted by molar-refractivity contribution is 5.80. The van der Waals surface area contributed by atoms with Gasteiger partial charge in [0.2, 0.25) is 0 Å². The van der Waals surface area contributed by atoms with Gasteiger partial charge in [0.25, 0.3) is 0 Å². The van der Waals surface area contributed by atoms with Gasteiger partial charge in [0.1, 0.15) is 0 Å².